The van der Waals surface area contributed by atoms with E-state index in [1.54, 1.807) is 0 Å². The van der Waals surface area contributed by atoms with Crippen molar-refractivity contribution in [2.24, 2.45) is 5.73 Å². The highest BCUT2D eigenvalue weighted by Gasteiger charge is 2.15. The summed E-state index contributed by atoms with van der Waals surface area (Å²) in [7, 11) is 1.33. The molecule has 0 spiro atoms. The smallest absolute Gasteiger partial charge is 0.322 e. The van der Waals surface area contributed by atoms with E-state index in [4.69, 9.17) is 11.5 Å². The van der Waals surface area contributed by atoms with Crippen LogP contribution in [-0.2, 0) is 16.0 Å². The molecule has 0 amide bonds. The second-order valence-corrected chi connectivity index (χ2v) is 3.52. The molecule has 1 atom stereocenters. The number of anilines is 1. The Morgan fingerprint density at radius 1 is 1.53 bits per heavy atom. The zero-order valence-corrected chi connectivity index (χ0v) is 8.99. The number of nitrogens with two attached hydrogens (primary N) is 2. The molecule has 0 unspecified atom stereocenters. The number of ether oxygens (including phenoxy) is 1. The maximum atomic E-state index is 11.1. The predicted molar refractivity (Wildman–Crippen MR) is 59.3 cm³/mol. The Morgan fingerprint density at radius 3 is 2.80 bits per heavy atom. The topological polar surface area (TPSA) is 78.3 Å². The van der Waals surface area contributed by atoms with Crippen molar-refractivity contribution in [1.29, 1.82) is 0 Å². The molecular weight excluding hydrogens is 192 g/mol. The first-order valence-electron chi connectivity index (χ1n) is 4.73. The van der Waals surface area contributed by atoms with Crippen LogP contribution in [0.5, 0.6) is 0 Å². The summed E-state index contributed by atoms with van der Waals surface area (Å²) in [6, 6.07) is 4.94. The van der Waals surface area contributed by atoms with Crippen molar-refractivity contribution in [3.8, 4) is 0 Å². The Labute approximate surface area is 89.2 Å². The van der Waals surface area contributed by atoms with E-state index < -0.39 is 12.0 Å². The Kier molecular flexibility index (Phi) is 3.68. The molecule has 0 aliphatic heterocycles. The highest BCUT2D eigenvalue weighted by atomic mass is 16.5. The molecule has 0 saturated carbocycles. The van der Waals surface area contributed by atoms with Crippen LogP contribution in [0.4, 0.5) is 5.69 Å². The van der Waals surface area contributed by atoms with Crippen molar-refractivity contribution in [2.45, 2.75) is 19.4 Å². The molecule has 0 fully saturated rings. The molecule has 0 heterocycles. The van der Waals surface area contributed by atoms with Gasteiger partial charge in [-0.3, -0.25) is 4.79 Å². The number of hydrogen-bond acceptors (Lipinski definition) is 4. The lowest BCUT2D eigenvalue weighted by molar-refractivity contribution is -0.142. The number of hydrogen-bond donors (Lipinski definition) is 2. The van der Waals surface area contributed by atoms with E-state index in [1.165, 1.54) is 7.11 Å². The minimum absolute atomic E-state index is 0.406. The van der Waals surface area contributed by atoms with Gasteiger partial charge in [0.2, 0.25) is 0 Å². The molecule has 0 saturated heterocycles. The van der Waals surface area contributed by atoms with E-state index in [1.807, 2.05) is 25.1 Å². The lowest BCUT2D eigenvalue weighted by atomic mass is 10.0. The molecule has 4 N–H and O–H groups in total. The van der Waals surface area contributed by atoms with Crippen LogP contribution in [0, 0.1) is 6.92 Å². The normalized spacial score (nSPS) is 12.2. The first-order valence-corrected chi connectivity index (χ1v) is 4.73. The molecule has 0 aliphatic rings. The van der Waals surface area contributed by atoms with Crippen molar-refractivity contribution in [2.75, 3.05) is 12.8 Å². The lowest BCUT2D eigenvalue weighted by Crippen LogP contribution is -2.33. The van der Waals surface area contributed by atoms with E-state index in [0.29, 0.717) is 12.1 Å². The van der Waals surface area contributed by atoms with Gasteiger partial charge in [0.05, 0.1) is 7.11 Å². The Morgan fingerprint density at radius 2 is 2.20 bits per heavy atom. The zero-order chi connectivity index (χ0) is 11.4. The number of carbonyl (C=O) groups excluding carboxylic acids is 1. The second-order valence-electron chi connectivity index (χ2n) is 3.52. The van der Waals surface area contributed by atoms with E-state index in [9.17, 15) is 4.79 Å². The van der Waals surface area contributed by atoms with Crippen molar-refractivity contribution >= 4 is 11.7 Å². The molecule has 1 aromatic carbocycles. The molecule has 82 valence electrons. The summed E-state index contributed by atoms with van der Waals surface area (Å²) in [5.74, 6) is -0.406. The van der Waals surface area contributed by atoms with Crippen LogP contribution >= 0.6 is 0 Å². The van der Waals surface area contributed by atoms with Crippen molar-refractivity contribution in [1.82, 2.24) is 0 Å². The van der Waals surface area contributed by atoms with Gasteiger partial charge in [0.15, 0.2) is 0 Å². The monoisotopic (exact) mass is 208 g/mol. The van der Waals surface area contributed by atoms with Gasteiger partial charge in [0.25, 0.3) is 0 Å². The second kappa shape index (κ2) is 4.79. The number of aryl methyl sites for hydroxylation is 1. The Hall–Kier alpha value is -1.55. The van der Waals surface area contributed by atoms with Gasteiger partial charge in [-0.15, -0.1) is 0 Å². The summed E-state index contributed by atoms with van der Waals surface area (Å²) < 4.78 is 4.56. The fraction of sp³-hybridized carbons (Fsp3) is 0.364. The van der Waals surface area contributed by atoms with E-state index >= 15 is 0 Å². The van der Waals surface area contributed by atoms with Gasteiger partial charge in [0.1, 0.15) is 6.04 Å². The number of methoxy groups -OCH3 is 1. The summed E-state index contributed by atoms with van der Waals surface area (Å²) in [4.78, 5) is 11.1. The molecule has 1 rings (SSSR count). The predicted octanol–water partition coefficient (Wildman–Crippen LogP) is 0.620. The van der Waals surface area contributed by atoms with Gasteiger partial charge >= 0.3 is 5.97 Å². The molecule has 4 heteroatoms. The van der Waals surface area contributed by atoms with E-state index in [2.05, 4.69) is 4.74 Å². The molecule has 15 heavy (non-hydrogen) atoms. The van der Waals surface area contributed by atoms with Crippen molar-refractivity contribution < 1.29 is 9.53 Å². The third kappa shape index (κ3) is 2.95. The summed E-state index contributed by atoms with van der Waals surface area (Å²) in [5, 5.41) is 0. The van der Waals surface area contributed by atoms with Gasteiger partial charge in [-0.2, -0.15) is 0 Å². The third-order valence-corrected chi connectivity index (χ3v) is 2.32. The molecular formula is C11H16N2O2. The first-order chi connectivity index (χ1) is 7.04. The quantitative estimate of drug-likeness (QED) is 0.564. The van der Waals surface area contributed by atoms with Gasteiger partial charge in [-0.25, -0.2) is 0 Å². The summed E-state index contributed by atoms with van der Waals surface area (Å²) in [5.41, 5.74) is 14.0. The highest BCUT2D eigenvalue weighted by molar-refractivity contribution is 5.75. The average molecular weight is 208 g/mol. The van der Waals surface area contributed by atoms with Crippen LogP contribution in [0.2, 0.25) is 0 Å². The molecule has 0 aliphatic carbocycles. The average Bonchev–Trinajstić information content (AvgIpc) is 2.22. The van der Waals surface area contributed by atoms with Crippen LogP contribution in [-0.4, -0.2) is 19.1 Å². The highest BCUT2D eigenvalue weighted by Crippen LogP contribution is 2.14. The van der Waals surface area contributed by atoms with Crippen LogP contribution in [0.25, 0.3) is 0 Å². The fourth-order valence-corrected chi connectivity index (χ4v) is 1.38. The standard InChI is InChI=1S/C11H16N2O2/c1-7-3-4-9(12)5-8(7)6-10(13)11(14)15-2/h3-5,10H,6,12-13H2,1-2H3/t10-/m1/s1. The van der Waals surface area contributed by atoms with Crippen LogP contribution in [0.1, 0.15) is 11.1 Å². The largest absolute Gasteiger partial charge is 0.468 e. The molecule has 0 aromatic heterocycles. The van der Waals surface area contributed by atoms with Gasteiger partial charge < -0.3 is 16.2 Å². The molecule has 0 radical (unpaired) electrons. The maximum absolute atomic E-state index is 11.1. The minimum atomic E-state index is -0.629. The van der Waals surface area contributed by atoms with Crippen molar-refractivity contribution in [3.05, 3.63) is 29.3 Å². The fourth-order valence-electron chi connectivity index (χ4n) is 1.38. The number of esters is 1. The van der Waals surface area contributed by atoms with E-state index in [0.717, 1.165) is 11.1 Å². The summed E-state index contributed by atoms with van der Waals surface area (Å²) in [6.07, 6.45) is 0.448. The molecule has 0 bridgehead atoms. The van der Waals surface area contributed by atoms with Crippen LogP contribution in [0.3, 0.4) is 0 Å². The summed E-state index contributed by atoms with van der Waals surface area (Å²) in [6.45, 7) is 1.96. The number of benzene rings is 1. The van der Waals surface area contributed by atoms with Gasteiger partial charge in [-0.05, 0) is 36.6 Å². The SMILES string of the molecule is COC(=O)[C@H](N)Cc1cc(N)ccc1C. The Balaban J connectivity index is 2.80. The molecule has 1 aromatic rings. The number of rotatable bonds is 3. The van der Waals surface area contributed by atoms with Gasteiger partial charge in [-0.1, -0.05) is 6.07 Å². The maximum Gasteiger partial charge on any atom is 0.322 e. The minimum Gasteiger partial charge on any atom is -0.468 e. The number of carbonyl (C=O) groups is 1. The van der Waals surface area contributed by atoms with Crippen LogP contribution in [0.15, 0.2) is 18.2 Å². The number of nitrogen functional groups attached to an aromatic ring is 1. The lowest BCUT2D eigenvalue weighted by Gasteiger charge is -2.11. The Bertz CT molecular complexity index is 364. The van der Waals surface area contributed by atoms with Crippen molar-refractivity contribution in [3.63, 3.8) is 0 Å². The summed E-state index contributed by atoms with van der Waals surface area (Å²) >= 11 is 0. The van der Waals surface area contributed by atoms with E-state index in [-0.39, 0.29) is 0 Å². The molecule has 4 nitrogen and oxygen atoms in total. The van der Waals surface area contributed by atoms with Crippen LogP contribution < -0.4 is 11.5 Å². The first kappa shape index (κ1) is 11.5. The zero-order valence-electron chi connectivity index (χ0n) is 8.99. The van der Waals surface area contributed by atoms with Gasteiger partial charge in [0, 0.05) is 5.69 Å². The third-order valence-electron chi connectivity index (χ3n) is 2.32.